The van der Waals surface area contributed by atoms with E-state index in [2.05, 4.69) is 15.6 Å². The fraction of sp³-hybridized carbons (Fsp3) is 0.929. The summed E-state index contributed by atoms with van der Waals surface area (Å²) in [7, 11) is -1.32. The van der Waals surface area contributed by atoms with Crippen LogP contribution in [0.15, 0.2) is 4.99 Å². The molecule has 0 amide bonds. The second kappa shape index (κ2) is 9.41. The van der Waals surface area contributed by atoms with Gasteiger partial charge in [-0.05, 0) is 19.3 Å². The molecule has 2 heterocycles. The maximum absolute atomic E-state index is 11.7. The van der Waals surface area contributed by atoms with Crippen molar-refractivity contribution in [2.24, 2.45) is 4.99 Å². The van der Waals surface area contributed by atoms with E-state index in [9.17, 15) is 8.42 Å². The average Bonchev–Trinajstić information content (AvgIpc) is 3.15. The van der Waals surface area contributed by atoms with Gasteiger partial charge in [-0.15, -0.1) is 0 Å². The summed E-state index contributed by atoms with van der Waals surface area (Å²) < 4.78 is 35.9. The van der Waals surface area contributed by atoms with Crippen LogP contribution in [-0.4, -0.2) is 83.6 Å². The number of aliphatic imine (C=N–C) groups is 1. The Balaban J connectivity index is 1.53. The molecule has 9 heteroatoms. The topological polar surface area (TPSA) is 92.3 Å². The van der Waals surface area contributed by atoms with Crippen molar-refractivity contribution in [3.8, 4) is 0 Å². The SMILES string of the molecule is CN=C(NCCCOC1CCOC1)NCCN1CCCS1(=O)=O. The summed E-state index contributed by atoms with van der Waals surface area (Å²) in [6.07, 6.45) is 2.84. The van der Waals surface area contributed by atoms with Gasteiger partial charge in [0.2, 0.25) is 10.0 Å². The minimum atomic E-state index is -3.02. The molecule has 0 aromatic heterocycles. The van der Waals surface area contributed by atoms with E-state index in [-0.39, 0.29) is 11.9 Å². The standard InChI is InChI=1S/C14H28N4O4S/c1-15-14(16-5-2-9-22-13-4-10-21-12-13)17-6-8-18-7-3-11-23(18,19)20/h13H,2-12H2,1H3,(H2,15,16,17). The number of ether oxygens (including phenoxy) is 2. The molecule has 0 spiro atoms. The molecule has 134 valence electrons. The molecule has 0 aromatic rings. The molecule has 0 aromatic carbocycles. The monoisotopic (exact) mass is 348 g/mol. The molecule has 1 unspecified atom stereocenters. The first-order valence-electron chi connectivity index (χ1n) is 8.23. The van der Waals surface area contributed by atoms with Crippen molar-refractivity contribution in [2.45, 2.75) is 25.4 Å². The van der Waals surface area contributed by atoms with Gasteiger partial charge in [0, 0.05) is 46.4 Å². The molecule has 0 aliphatic carbocycles. The predicted molar refractivity (Wildman–Crippen MR) is 89.1 cm³/mol. The molecular formula is C14H28N4O4S. The Labute approximate surface area is 138 Å². The highest BCUT2D eigenvalue weighted by molar-refractivity contribution is 7.89. The molecule has 2 N–H and O–H groups in total. The number of guanidine groups is 1. The number of hydrogen-bond donors (Lipinski definition) is 2. The van der Waals surface area contributed by atoms with Gasteiger partial charge in [0.1, 0.15) is 0 Å². The first-order valence-corrected chi connectivity index (χ1v) is 9.84. The van der Waals surface area contributed by atoms with Crippen LogP contribution in [0, 0.1) is 0 Å². The lowest BCUT2D eigenvalue weighted by Crippen LogP contribution is -2.42. The lowest BCUT2D eigenvalue weighted by molar-refractivity contribution is 0.0420. The van der Waals surface area contributed by atoms with Gasteiger partial charge in [0.15, 0.2) is 5.96 Å². The summed E-state index contributed by atoms with van der Waals surface area (Å²) in [5.74, 6) is 0.956. The van der Waals surface area contributed by atoms with Gasteiger partial charge in [-0.2, -0.15) is 0 Å². The smallest absolute Gasteiger partial charge is 0.214 e. The van der Waals surface area contributed by atoms with E-state index in [4.69, 9.17) is 9.47 Å². The zero-order valence-corrected chi connectivity index (χ0v) is 14.6. The average molecular weight is 348 g/mol. The highest BCUT2D eigenvalue weighted by Gasteiger charge is 2.27. The molecule has 2 fully saturated rings. The summed E-state index contributed by atoms with van der Waals surface area (Å²) in [5, 5.41) is 6.34. The van der Waals surface area contributed by atoms with Crippen LogP contribution in [0.1, 0.15) is 19.3 Å². The van der Waals surface area contributed by atoms with E-state index < -0.39 is 10.0 Å². The van der Waals surface area contributed by atoms with Gasteiger partial charge in [0.25, 0.3) is 0 Å². The third-order valence-corrected chi connectivity index (χ3v) is 5.89. The van der Waals surface area contributed by atoms with E-state index in [0.29, 0.717) is 38.8 Å². The fourth-order valence-electron chi connectivity index (χ4n) is 2.64. The van der Waals surface area contributed by atoms with Gasteiger partial charge in [0.05, 0.1) is 18.5 Å². The van der Waals surface area contributed by atoms with Crippen molar-refractivity contribution >= 4 is 16.0 Å². The Bertz CT molecular complexity index is 477. The van der Waals surface area contributed by atoms with Crippen molar-refractivity contribution in [3.05, 3.63) is 0 Å². The molecule has 0 bridgehead atoms. The van der Waals surface area contributed by atoms with Crippen LogP contribution in [-0.2, 0) is 19.5 Å². The second-order valence-electron chi connectivity index (χ2n) is 5.70. The van der Waals surface area contributed by atoms with Crippen molar-refractivity contribution in [2.75, 3.05) is 58.8 Å². The summed E-state index contributed by atoms with van der Waals surface area (Å²) in [6.45, 7) is 4.61. The highest BCUT2D eigenvalue weighted by Crippen LogP contribution is 2.11. The minimum absolute atomic E-state index is 0.245. The summed E-state index contributed by atoms with van der Waals surface area (Å²) in [5.41, 5.74) is 0. The predicted octanol–water partition coefficient (Wildman–Crippen LogP) is -0.617. The number of sulfonamides is 1. The fourth-order valence-corrected chi connectivity index (χ4v) is 4.16. The van der Waals surface area contributed by atoms with Crippen LogP contribution in [0.5, 0.6) is 0 Å². The third-order valence-electron chi connectivity index (χ3n) is 3.94. The van der Waals surface area contributed by atoms with Crippen LogP contribution < -0.4 is 10.6 Å². The van der Waals surface area contributed by atoms with Crippen molar-refractivity contribution in [1.82, 2.24) is 14.9 Å². The Morgan fingerprint density at radius 3 is 2.87 bits per heavy atom. The normalized spacial score (nSPS) is 24.9. The van der Waals surface area contributed by atoms with E-state index >= 15 is 0 Å². The van der Waals surface area contributed by atoms with Crippen molar-refractivity contribution in [3.63, 3.8) is 0 Å². The lowest BCUT2D eigenvalue weighted by atomic mass is 10.3. The van der Waals surface area contributed by atoms with Gasteiger partial charge < -0.3 is 20.1 Å². The van der Waals surface area contributed by atoms with Crippen molar-refractivity contribution < 1.29 is 17.9 Å². The molecule has 2 aliphatic heterocycles. The number of rotatable bonds is 8. The molecule has 2 saturated heterocycles. The number of nitrogens with zero attached hydrogens (tertiary/aromatic N) is 2. The van der Waals surface area contributed by atoms with Gasteiger partial charge in [-0.3, -0.25) is 4.99 Å². The zero-order chi connectivity index (χ0) is 16.5. The van der Waals surface area contributed by atoms with Crippen LogP contribution in [0.3, 0.4) is 0 Å². The van der Waals surface area contributed by atoms with Crippen molar-refractivity contribution in [1.29, 1.82) is 0 Å². The molecule has 8 nitrogen and oxygen atoms in total. The Hall–Kier alpha value is -0.900. The largest absolute Gasteiger partial charge is 0.379 e. The van der Waals surface area contributed by atoms with Crippen LogP contribution in [0.4, 0.5) is 0 Å². The van der Waals surface area contributed by atoms with Gasteiger partial charge in [-0.1, -0.05) is 0 Å². The number of hydrogen-bond acceptors (Lipinski definition) is 5. The molecule has 1 atom stereocenters. The lowest BCUT2D eigenvalue weighted by Gasteiger charge is -2.16. The second-order valence-corrected chi connectivity index (χ2v) is 7.79. The summed E-state index contributed by atoms with van der Waals surface area (Å²) in [4.78, 5) is 4.13. The van der Waals surface area contributed by atoms with Crippen LogP contribution in [0.25, 0.3) is 0 Å². The molecule has 0 radical (unpaired) electrons. The Morgan fingerprint density at radius 1 is 1.39 bits per heavy atom. The molecule has 2 aliphatic rings. The highest BCUT2D eigenvalue weighted by atomic mass is 32.2. The van der Waals surface area contributed by atoms with E-state index in [1.54, 1.807) is 7.05 Å². The first kappa shape index (κ1) is 18.4. The van der Waals surface area contributed by atoms with Crippen LogP contribution >= 0.6 is 0 Å². The van der Waals surface area contributed by atoms with Crippen LogP contribution in [0.2, 0.25) is 0 Å². The maximum atomic E-state index is 11.7. The van der Waals surface area contributed by atoms with Gasteiger partial charge in [-0.25, -0.2) is 12.7 Å². The first-order chi connectivity index (χ1) is 11.1. The van der Waals surface area contributed by atoms with E-state index in [0.717, 1.165) is 32.4 Å². The Morgan fingerprint density at radius 2 is 2.22 bits per heavy atom. The third kappa shape index (κ3) is 6.25. The summed E-state index contributed by atoms with van der Waals surface area (Å²) >= 11 is 0. The minimum Gasteiger partial charge on any atom is -0.379 e. The molecular weight excluding hydrogens is 320 g/mol. The van der Waals surface area contributed by atoms with Gasteiger partial charge >= 0.3 is 0 Å². The number of nitrogens with one attached hydrogen (secondary N) is 2. The molecule has 23 heavy (non-hydrogen) atoms. The zero-order valence-electron chi connectivity index (χ0n) is 13.8. The quantitative estimate of drug-likeness (QED) is 0.345. The summed E-state index contributed by atoms with van der Waals surface area (Å²) in [6, 6.07) is 0. The maximum Gasteiger partial charge on any atom is 0.214 e. The van der Waals surface area contributed by atoms with E-state index in [1.165, 1.54) is 4.31 Å². The van der Waals surface area contributed by atoms with E-state index in [1.807, 2.05) is 0 Å². The molecule has 0 saturated carbocycles. The molecule has 2 rings (SSSR count). The Kier molecular flexibility index (Phi) is 7.54.